The van der Waals surface area contributed by atoms with Crippen molar-refractivity contribution in [3.05, 3.63) is 54.0 Å². The maximum Gasteiger partial charge on any atom is 0.222 e. The van der Waals surface area contributed by atoms with Crippen LogP contribution in [0.5, 0.6) is 5.75 Å². The van der Waals surface area contributed by atoms with Crippen molar-refractivity contribution in [3.63, 3.8) is 0 Å². The van der Waals surface area contributed by atoms with Gasteiger partial charge in [0.15, 0.2) is 11.4 Å². The van der Waals surface area contributed by atoms with Gasteiger partial charge in [0.25, 0.3) is 0 Å². The minimum Gasteiger partial charge on any atom is -0.493 e. The van der Waals surface area contributed by atoms with Crippen molar-refractivity contribution in [2.24, 2.45) is 0 Å². The number of rotatable bonds is 7. The molecule has 0 aliphatic heterocycles. The zero-order valence-electron chi connectivity index (χ0n) is 20.0. The number of carbonyl (C=O) groups is 1. The van der Waals surface area contributed by atoms with E-state index in [0.717, 1.165) is 33.6 Å². The Bertz CT molecular complexity index is 1270. The van der Waals surface area contributed by atoms with Gasteiger partial charge >= 0.3 is 0 Å². The van der Waals surface area contributed by atoms with Crippen molar-refractivity contribution >= 4 is 11.6 Å². The third kappa shape index (κ3) is 4.08. The van der Waals surface area contributed by atoms with Gasteiger partial charge in [-0.2, -0.15) is 10.2 Å². The van der Waals surface area contributed by atoms with Crippen molar-refractivity contribution in [2.45, 2.75) is 46.1 Å². The van der Waals surface area contributed by atoms with Crippen LogP contribution in [0, 0.1) is 0 Å². The van der Waals surface area contributed by atoms with Crippen LogP contribution in [0.2, 0.25) is 0 Å². The molecule has 4 rings (SSSR count). The summed E-state index contributed by atoms with van der Waals surface area (Å²) in [5.74, 6) is 1.01. The Balaban J connectivity index is 1.73. The number of H-pyrrole nitrogens is 1. The Kier molecular flexibility index (Phi) is 6.18. The molecule has 0 saturated heterocycles. The zero-order valence-corrected chi connectivity index (χ0v) is 20.0. The second-order valence-corrected chi connectivity index (χ2v) is 8.50. The molecule has 4 aromatic rings. The monoisotopic (exact) mass is 446 g/mol. The Morgan fingerprint density at radius 2 is 1.91 bits per heavy atom. The van der Waals surface area contributed by atoms with E-state index in [1.165, 1.54) is 6.33 Å². The number of ether oxygens (including phenoxy) is 1. The molecule has 3 heterocycles. The smallest absolute Gasteiger partial charge is 0.222 e. The number of pyridine rings is 1. The summed E-state index contributed by atoms with van der Waals surface area (Å²) in [5, 5.41) is 12.2. The third-order valence-electron chi connectivity index (χ3n) is 6.17. The topological polar surface area (TPSA) is 88.4 Å². The Morgan fingerprint density at radius 3 is 2.55 bits per heavy atom. The molecular formula is C25H30N6O2. The molecule has 1 atom stereocenters. The number of fused-ring (bicyclic) bond motifs is 1. The number of nitrogens with one attached hydrogen (secondary N) is 1. The second-order valence-electron chi connectivity index (χ2n) is 8.50. The number of carbonyl (C=O) groups excluding carboxylic acids is 1. The minimum absolute atomic E-state index is 0.00951. The average Bonchev–Trinajstić information content (AvgIpc) is 3.49. The molecule has 0 unspecified atom stereocenters. The van der Waals surface area contributed by atoms with Crippen LogP contribution in [0.4, 0.5) is 0 Å². The average molecular weight is 447 g/mol. The second kappa shape index (κ2) is 9.05. The van der Waals surface area contributed by atoms with Gasteiger partial charge in [-0.25, -0.2) is 9.50 Å². The number of hydrogen-bond acceptors (Lipinski definition) is 5. The normalized spacial score (nSPS) is 12.3. The highest BCUT2D eigenvalue weighted by atomic mass is 16.5. The van der Waals surface area contributed by atoms with E-state index in [1.54, 1.807) is 16.5 Å². The standard InChI is InChI=1S/C25H30N6O2/c1-7-21(32)30(5)16(4)17-8-10-18(11-9-17)23-22(15(2)3)24(29-28-23)19-12-20(33-6)25-26-14-27-31(25)13-19/h8-16H,7H2,1-6H3,(H,28,29)/t16-/m0/s1. The van der Waals surface area contributed by atoms with Crippen molar-refractivity contribution < 1.29 is 9.53 Å². The molecule has 0 fully saturated rings. The fraction of sp³-hybridized carbons (Fsp3) is 0.360. The summed E-state index contributed by atoms with van der Waals surface area (Å²) in [5.41, 5.74) is 6.68. The van der Waals surface area contributed by atoms with E-state index >= 15 is 0 Å². The fourth-order valence-corrected chi connectivity index (χ4v) is 4.15. The number of aromatic nitrogens is 5. The maximum atomic E-state index is 12.1. The first-order valence-corrected chi connectivity index (χ1v) is 11.2. The molecule has 0 aliphatic carbocycles. The van der Waals surface area contributed by atoms with Gasteiger partial charge in [-0.05, 0) is 30.0 Å². The molecular weight excluding hydrogens is 416 g/mol. The Hall–Kier alpha value is -3.68. The van der Waals surface area contributed by atoms with Crippen molar-refractivity contribution in [1.29, 1.82) is 0 Å². The lowest BCUT2D eigenvalue weighted by molar-refractivity contribution is -0.131. The fourth-order valence-electron chi connectivity index (χ4n) is 4.15. The van der Waals surface area contributed by atoms with Crippen LogP contribution in [-0.2, 0) is 4.79 Å². The molecule has 0 spiro atoms. The Morgan fingerprint density at radius 1 is 1.18 bits per heavy atom. The number of benzene rings is 1. The first-order valence-electron chi connectivity index (χ1n) is 11.2. The molecule has 33 heavy (non-hydrogen) atoms. The van der Waals surface area contributed by atoms with Crippen LogP contribution in [0.25, 0.3) is 28.2 Å². The molecule has 1 amide bonds. The molecule has 0 radical (unpaired) electrons. The zero-order chi connectivity index (χ0) is 23.7. The summed E-state index contributed by atoms with van der Waals surface area (Å²) < 4.78 is 7.24. The van der Waals surface area contributed by atoms with Crippen LogP contribution in [0.3, 0.4) is 0 Å². The summed E-state index contributed by atoms with van der Waals surface area (Å²) in [6, 6.07) is 10.3. The van der Waals surface area contributed by atoms with E-state index in [4.69, 9.17) is 4.74 Å². The highest BCUT2D eigenvalue weighted by molar-refractivity contribution is 5.77. The lowest BCUT2D eigenvalue weighted by atomic mass is 9.93. The van der Waals surface area contributed by atoms with Crippen molar-refractivity contribution in [2.75, 3.05) is 14.2 Å². The maximum absolute atomic E-state index is 12.1. The molecule has 0 saturated carbocycles. The summed E-state index contributed by atoms with van der Waals surface area (Å²) >= 11 is 0. The number of aromatic amines is 1. The molecule has 0 aliphatic rings. The van der Waals surface area contributed by atoms with Gasteiger partial charge in [-0.1, -0.05) is 45.0 Å². The van der Waals surface area contributed by atoms with Crippen molar-refractivity contribution in [3.8, 4) is 28.3 Å². The lowest BCUT2D eigenvalue weighted by Crippen LogP contribution is -2.28. The molecule has 8 heteroatoms. The number of amides is 1. The SMILES string of the molecule is CCC(=O)N(C)[C@@H](C)c1ccc(-c2[nH]nc(-c3cc(OC)c4ncnn4c3)c2C(C)C)cc1. The predicted octanol–water partition coefficient (Wildman–Crippen LogP) is 4.85. The Labute approximate surface area is 193 Å². The van der Waals surface area contributed by atoms with E-state index in [-0.39, 0.29) is 17.9 Å². The van der Waals surface area contributed by atoms with E-state index < -0.39 is 0 Å². The summed E-state index contributed by atoms with van der Waals surface area (Å²) in [6.45, 7) is 8.24. The van der Waals surface area contributed by atoms with Crippen LogP contribution in [-0.4, -0.2) is 49.8 Å². The van der Waals surface area contributed by atoms with E-state index in [0.29, 0.717) is 17.8 Å². The molecule has 3 aromatic heterocycles. The van der Waals surface area contributed by atoms with Gasteiger partial charge in [0.1, 0.15) is 6.33 Å². The van der Waals surface area contributed by atoms with Crippen LogP contribution >= 0.6 is 0 Å². The van der Waals surface area contributed by atoms with Gasteiger partial charge in [0.2, 0.25) is 5.91 Å². The van der Waals surface area contributed by atoms with Gasteiger partial charge in [-0.3, -0.25) is 9.89 Å². The summed E-state index contributed by atoms with van der Waals surface area (Å²) in [7, 11) is 3.48. The largest absolute Gasteiger partial charge is 0.493 e. The molecule has 1 N–H and O–H groups in total. The number of methoxy groups -OCH3 is 1. The van der Waals surface area contributed by atoms with E-state index in [2.05, 4.69) is 58.4 Å². The van der Waals surface area contributed by atoms with Gasteiger partial charge in [0.05, 0.1) is 24.5 Å². The van der Waals surface area contributed by atoms with E-state index in [1.807, 2.05) is 33.2 Å². The summed E-state index contributed by atoms with van der Waals surface area (Å²) in [4.78, 5) is 18.1. The first kappa shape index (κ1) is 22.5. The van der Waals surface area contributed by atoms with Crippen molar-refractivity contribution in [1.82, 2.24) is 29.7 Å². The van der Waals surface area contributed by atoms with Crippen LogP contribution in [0.15, 0.2) is 42.9 Å². The molecule has 172 valence electrons. The van der Waals surface area contributed by atoms with Gasteiger partial charge in [-0.15, -0.1) is 0 Å². The number of nitrogens with zero attached hydrogens (tertiary/aromatic N) is 5. The lowest BCUT2D eigenvalue weighted by Gasteiger charge is -2.25. The molecule has 0 bridgehead atoms. The molecule has 8 nitrogen and oxygen atoms in total. The summed E-state index contributed by atoms with van der Waals surface area (Å²) in [6.07, 6.45) is 3.93. The van der Waals surface area contributed by atoms with E-state index in [9.17, 15) is 4.79 Å². The first-order chi connectivity index (χ1) is 15.8. The van der Waals surface area contributed by atoms with Gasteiger partial charge in [0, 0.05) is 30.8 Å². The van der Waals surface area contributed by atoms with Gasteiger partial charge < -0.3 is 9.64 Å². The highest BCUT2D eigenvalue weighted by Crippen LogP contribution is 2.37. The quantitative estimate of drug-likeness (QED) is 0.438. The highest BCUT2D eigenvalue weighted by Gasteiger charge is 2.22. The van der Waals surface area contributed by atoms with Crippen LogP contribution in [0.1, 0.15) is 57.2 Å². The predicted molar refractivity (Wildman–Crippen MR) is 128 cm³/mol. The third-order valence-corrected chi connectivity index (χ3v) is 6.17. The molecule has 1 aromatic carbocycles. The van der Waals surface area contributed by atoms with Crippen LogP contribution < -0.4 is 4.74 Å². The minimum atomic E-state index is 0.00951. The number of hydrogen-bond donors (Lipinski definition) is 1.